The third-order valence-electron chi connectivity index (χ3n) is 5.07. The molecule has 1 aliphatic rings. The van der Waals surface area contributed by atoms with E-state index in [9.17, 15) is 4.39 Å². The minimum Gasteiger partial charge on any atom is -0.382 e. The van der Waals surface area contributed by atoms with Crippen molar-refractivity contribution < 1.29 is 13.9 Å². The number of rotatable bonds is 4. The fourth-order valence-corrected chi connectivity index (χ4v) is 4.06. The molecule has 29 heavy (non-hydrogen) atoms. The summed E-state index contributed by atoms with van der Waals surface area (Å²) in [5.74, 6) is -0.449. The van der Waals surface area contributed by atoms with Gasteiger partial charge in [-0.3, -0.25) is 4.98 Å². The fourth-order valence-electron chi connectivity index (χ4n) is 3.89. The zero-order valence-electron chi connectivity index (χ0n) is 16.7. The summed E-state index contributed by atoms with van der Waals surface area (Å²) < 4.78 is 26.9. The lowest BCUT2D eigenvalue weighted by molar-refractivity contribution is 0.00319. The normalized spacial score (nSPS) is 16.5. The van der Waals surface area contributed by atoms with E-state index in [1.807, 2.05) is 30.7 Å². The molecule has 3 aromatic rings. The van der Waals surface area contributed by atoms with Gasteiger partial charge < -0.3 is 9.47 Å². The molecule has 0 saturated heterocycles. The van der Waals surface area contributed by atoms with Gasteiger partial charge in [0, 0.05) is 36.0 Å². The second kappa shape index (κ2) is 8.22. The molecule has 0 unspecified atom stereocenters. The Morgan fingerprint density at radius 1 is 1.24 bits per heavy atom. The molecule has 1 atom stereocenters. The van der Waals surface area contributed by atoms with Crippen LogP contribution in [-0.4, -0.2) is 41.2 Å². The molecule has 4 rings (SSSR count). The Bertz CT molecular complexity index is 1030. The van der Waals surface area contributed by atoms with Gasteiger partial charge in [0.2, 0.25) is 0 Å². The molecule has 1 aromatic carbocycles. The number of hydrogen-bond donors (Lipinski definition) is 0. The summed E-state index contributed by atoms with van der Waals surface area (Å²) in [7, 11) is 1.67. The number of pyridine rings is 1. The Hall–Kier alpha value is -2.28. The number of halogens is 2. The molecule has 0 bridgehead atoms. The van der Waals surface area contributed by atoms with E-state index in [0.29, 0.717) is 19.6 Å². The van der Waals surface area contributed by atoms with Gasteiger partial charge >= 0.3 is 0 Å². The Kier molecular flexibility index (Phi) is 5.67. The molecule has 0 saturated carbocycles. The number of ether oxygens (including phenoxy) is 2. The summed E-state index contributed by atoms with van der Waals surface area (Å²) in [5.41, 5.74) is 6.69. The summed E-state index contributed by atoms with van der Waals surface area (Å²) in [4.78, 5) is 4.48. The van der Waals surface area contributed by atoms with E-state index in [0.717, 1.165) is 46.0 Å². The maximum atomic E-state index is 13.7. The van der Waals surface area contributed by atoms with Crippen LogP contribution in [0.1, 0.15) is 22.6 Å². The van der Waals surface area contributed by atoms with Crippen molar-refractivity contribution in [1.82, 2.24) is 14.8 Å². The minimum atomic E-state index is -0.449. The SMILES string of the molecule is COC[C@@H]1Cc2c(c(-c3cc(C)nc(C)c3)nn2-c2ccc(F)c(Cl)c2)CCO1. The fraction of sp³-hybridized carbons (Fsp3) is 0.364. The van der Waals surface area contributed by atoms with Gasteiger partial charge in [-0.25, -0.2) is 9.07 Å². The van der Waals surface area contributed by atoms with E-state index in [4.69, 9.17) is 26.2 Å². The first-order valence-corrected chi connectivity index (χ1v) is 9.96. The van der Waals surface area contributed by atoms with Crippen molar-refractivity contribution in [3.8, 4) is 16.9 Å². The van der Waals surface area contributed by atoms with Crippen LogP contribution in [0.3, 0.4) is 0 Å². The van der Waals surface area contributed by atoms with Crippen LogP contribution in [0.25, 0.3) is 16.9 Å². The largest absolute Gasteiger partial charge is 0.382 e. The van der Waals surface area contributed by atoms with Crippen molar-refractivity contribution in [2.75, 3.05) is 20.3 Å². The summed E-state index contributed by atoms with van der Waals surface area (Å²) in [5, 5.41) is 5.00. The van der Waals surface area contributed by atoms with E-state index < -0.39 is 5.82 Å². The van der Waals surface area contributed by atoms with Crippen LogP contribution < -0.4 is 0 Å². The maximum absolute atomic E-state index is 13.7. The van der Waals surface area contributed by atoms with Gasteiger partial charge in [-0.2, -0.15) is 5.10 Å². The molecule has 0 fully saturated rings. The van der Waals surface area contributed by atoms with Gasteiger partial charge in [0.1, 0.15) is 5.82 Å². The number of nitrogens with zero attached hydrogens (tertiary/aromatic N) is 3. The number of fused-ring (bicyclic) bond motifs is 1. The lowest BCUT2D eigenvalue weighted by Gasteiger charge is -2.15. The molecule has 5 nitrogen and oxygen atoms in total. The molecule has 0 N–H and O–H groups in total. The summed E-state index contributed by atoms with van der Waals surface area (Å²) in [6.07, 6.45) is 1.32. The molecular weight excluding hydrogens is 393 g/mol. The predicted octanol–water partition coefficient (Wildman–Crippen LogP) is 4.47. The smallest absolute Gasteiger partial charge is 0.141 e. The molecule has 1 aliphatic heterocycles. The second-order valence-corrected chi connectivity index (χ2v) is 7.73. The van der Waals surface area contributed by atoms with Crippen LogP contribution in [0.15, 0.2) is 30.3 Å². The highest BCUT2D eigenvalue weighted by atomic mass is 35.5. The van der Waals surface area contributed by atoms with E-state index in [-0.39, 0.29) is 11.1 Å². The first kappa shape index (κ1) is 20.0. The number of benzene rings is 1. The quantitative estimate of drug-likeness (QED) is 0.630. The van der Waals surface area contributed by atoms with Crippen LogP contribution >= 0.6 is 11.6 Å². The number of methoxy groups -OCH3 is 1. The van der Waals surface area contributed by atoms with Crippen LogP contribution in [0, 0.1) is 19.7 Å². The summed E-state index contributed by atoms with van der Waals surface area (Å²) in [6.45, 7) is 5.04. The molecule has 0 radical (unpaired) electrons. The average Bonchev–Trinajstić information content (AvgIpc) is 2.89. The van der Waals surface area contributed by atoms with Gasteiger partial charge in [-0.1, -0.05) is 11.6 Å². The zero-order chi connectivity index (χ0) is 20.5. The third kappa shape index (κ3) is 4.06. The van der Waals surface area contributed by atoms with Gasteiger partial charge in [0.05, 0.1) is 41.4 Å². The average molecular weight is 416 g/mol. The summed E-state index contributed by atoms with van der Waals surface area (Å²) >= 11 is 6.05. The van der Waals surface area contributed by atoms with Crippen LogP contribution in [-0.2, 0) is 22.3 Å². The standard InChI is InChI=1S/C22H23ClFN3O2/c1-13-8-15(9-14(2)25-13)22-18-6-7-29-17(12-28-3)11-21(18)27(26-22)16-4-5-20(24)19(23)10-16/h4-5,8-10,17H,6-7,11-12H2,1-3H3/t17-/m0/s1. The molecule has 2 aromatic heterocycles. The van der Waals surface area contributed by atoms with Crippen molar-refractivity contribution in [2.45, 2.75) is 32.8 Å². The third-order valence-corrected chi connectivity index (χ3v) is 5.36. The lowest BCUT2D eigenvalue weighted by Crippen LogP contribution is -2.22. The Labute approximate surface area is 174 Å². The lowest BCUT2D eigenvalue weighted by atomic mass is 10.0. The van der Waals surface area contributed by atoms with E-state index >= 15 is 0 Å². The van der Waals surface area contributed by atoms with E-state index in [2.05, 4.69) is 4.98 Å². The van der Waals surface area contributed by atoms with Crippen molar-refractivity contribution in [3.63, 3.8) is 0 Å². The van der Waals surface area contributed by atoms with Gasteiger partial charge in [0.15, 0.2) is 0 Å². The van der Waals surface area contributed by atoms with Crippen molar-refractivity contribution in [2.24, 2.45) is 0 Å². The maximum Gasteiger partial charge on any atom is 0.141 e. The molecule has 0 amide bonds. The Balaban J connectivity index is 1.90. The molecular formula is C22H23ClFN3O2. The second-order valence-electron chi connectivity index (χ2n) is 7.32. The highest BCUT2D eigenvalue weighted by Crippen LogP contribution is 2.32. The van der Waals surface area contributed by atoms with Gasteiger partial charge in [-0.05, 0) is 50.6 Å². The highest BCUT2D eigenvalue weighted by Gasteiger charge is 2.26. The molecule has 3 heterocycles. The van der Waals surface area contributed by atoms with Gasteiger partial charge in [0.25, 0.3) is 0 Å². The van der Waals surface area contributed by atoms with E-state index in [1.165, 1.54) is 6.07 Å². The van der Waals surface area contributed by atoms with Crippen molar-refractivity contribution in [1.29, 1.82) is 0 Å². The predicted molar refractivity (Wildman–Crippen MR) is 110 cm³/mol. The molecule has 7 heteroatoms. The number of hydrogen-bond acceptors (Lipinski definition) is 4. The van der Waals surface area contributed by atoms with Crippen LogP contribution in [0.2, 0.25) is 5.02 Å². The number of aromatic nitrogens is 3. The first-order chi connectivity index (χ1) is 14.0. The Morgan fingerprint density at radius 3 is 2.69 bits per heavy atom. The van der Waals surface area contributed by atoms with Gasteiger partial charge in [-0.15, -0.1) is 0 Å². The number of aryl methyl sites for hydroxylation is 2. The summed E-state index contributed by atoms with van der Waals surface area (Å²) in [6, 6.07) is 8.74. The van der Waals surface area contributed by atoms with Crippen molar-refractivity contribution >= 4 is 11.6 Å². The van der Waals surface area contributed by atoms with Crippen molar-refractivity contribution in [3.05, 3.63) is 63.8 Å². The molecule has 152 valence electrons. The molecule has 0 aliphatic carbocycles. The topological polar surface area (TPSA) is 49.2 Å². The Morgan fingerprint density at radius 2 is 2.00 bits per heavy atom. The zero-order valence-corrected chi connectivity index (χ0v) is 17.5. The minimum absolute atomic E-state index is 0.0682. The van der Waals surface area contributed by atoms with Crippen LogP contribution in [0.5, 0.6) is 0 Å². The van der Waals surface area contributed by atoms with Crippen LogP contribution in [0.4, 0.5) is 4.39 Å². The first-order valence-electron chi connectivity index (χ1n) is 9.58. The van der Waals surface area contributed by atoms with E-state index in [1.54, 1.807) is 19.2 Å². The monoisotopic (exact) mass is 415 g/mol. The highest BCUT2D eigenvalue weighted by molar-refractivity contribution is 6.30. The molecule has 0 spiro atoms.